The predicted molar refractivity (Wildman–Crippen MR) is 128 cm³/mol. The number of rotatable bonds is 6. The van der Waals surface area contributed by atoms with Crippen molar-refractivity contribution < 1.29 is 27.8 Å². The zero-order valence-corrected chi connectivity index (χ0v) is 20.8. The van der Waals surface area contributed by atoms with E-state index in [1.165, 1.54) is 12.1 Å². The van der Waals surface area contributed by atoms with Gasteiger partial charge >= 0.3 is 12.1 Å². The predicted octanol–water partition coefficient (Wildman–Crippen LogP) is 7.39. The first kappa shape index (κ1) is 24.6. The number of pyridine rings is 1. The number of fused-ring (bicyclic) bond motifs is 1. The Hall–Kier alpha value is -2.52. The Balaban J connectivity index is 1.54. The number of hydrogen-bond acceptors (Lipinski definition) is 4. The molecule has 0 saturated carbocycles. The van der Waals surface area contributed by atoms with Gasteiger partial charge in [0.15, 0.2) is 0 Å². The highest BCUT2D eigenvalue weighted by molar-refractivity contribution is 9.10. The molecule has 0 unspecified atom stereocenters. The Kier molecular flexibility index (Phi) is 6.96. The first-order valence-corrected chi connectivity index (χ1v) is 12.3. The van der Waals surface area contributed by atoms with Crippen LogP contribution in [0.15, 0.2) is 52.0 Å². The van der Waals surface area contributed by atoms with E-state index in [0.717, 1.165) is 27.1 Å². The van der Waals surface area contributed by atoms with Crippen molar-refractivity contribution in [2.75, 3.05) is 5.75 Å². The van der Waals surface area contributed by atoms with Crippen molar-refractivity contribution in [3.63, 3.8) is 0 Å². The zero-order chi connectivity index (χ0) is 24.6. The van der Waals surface area contributed by atoms with Crippen molar-refractivity contribution in [1.82, 2.24) is 4.98 Å². The number of hydrogen-bond donors (Lipinski definition) is 1. The molecule has 3 aromatic rings. The lowest BCUT2D eigenvalue weighted by molar-refractivity contribution is -0.138. The minimum atomic E-state index is -4.38. The number of aliphatic carboxylic acids is 1. The summed E-state index contributed by atoms with van der Waals surface area (Å²) in [7, 11) is 0. The summed E-state index contributed by atoms with van der Waals surface area (Å²) < 4.78 is 46.1. The second-order valence-electron chi connectivity index (χ2n) is 8.24. The van der Waals surface area contributed by atoms with Crippen molar-refractivity contribution >= 4 is 33.7 Å². The van der Waals surface area contributed by atoms with Crippen molar-refractivity contribution in [3.8, 4) is 17.0 Å². The molecule has 9 heteroatoms. The van der Waals surface area contributed by atoms with Gasteiger partial charge in [0.05, 0.1) is 16.5 Å². The van der Waals surface area contributed by atoms with E-state index in [1.807, 2.05) is 24.3 Å². The Morgan fingerprint density at radius 3 is 2.59 bits per heavy atom. The third-order valence-corrected chi connectivity index (χ3v) is 8.01. The Morgan fingerprint density at radius 2 is 1.94 bits per heavy atom. The highest BCUT2D eigenvalue weighted by atomic mass is 79.9. The molecule has 0 radical (unpaired) electrons. The fourth-order valence-corrected chi connectivity index (χ4v) is 6.26. The third kappa shape index (κ3) is 5.10. The minimum Gasteiger partial charge on any atom is -0.481 e. The quantitative estimate of drug-likeness (QED) is 0.346. The van der Waals surface area contributed by atoms with Crippen LogP contribution in [0.1, 0.15) is 40.2 Å². The van der Waals surface area contributed by atoms with Crippen LogP contribution in [0.4, 0.5) is 13.2 Å². The molecule has 1 aromatic heterocycles. The lowest BCUT2D eigenvalue weighted by atomic mass is 9.92. The first-order valence-electron chi connectivity index (χ1n) is 10.5. The summed E-state index contributed by atoms with van der Waals surface area (Å²) in [5.41, 5.74) is 3.80. The lowest BCUT2D eigenvalue weighted by Gasteiger charge is -2.16. The lowest BCUT2D eigenvalue weighted by Crippen LogP contribution is -2.07. The first-order chi connectivity index (χ1) is 16.0. The Bertz CT molecular complexity index is 1240. The molecular formula is C25H21BrF3NO3S. The zero-order valence-electron chi connectivity index (χ0n) is 18.4. The number of thioether (sulfide) groups is 1. The van der Waals surface area contributed by atoms with Gasteiger partial charge in [0.1, 0.15) is 6.61 Å². The number of benzene rings is 2. The number of halogens is 4. The maximum absolute atomic E-state index is 13.1. The number of aromatic nitrogens is 1. The number of ether oxygens (including phenoxy) is 1. The molecule has 0 amide bonds. The average Bonchev–Trinajstić information content (AvgIpc) is 3.15. The maximum Gasteiger partial charge on any atom is 0.416 e. The molecule has 0 spiro atoms. The highest BCUT2D eigenvalue weighted by Gasteiger charge is 2.32. The van der Waals surface area contributed by atoms with E-state index in [-0.39, 0.29) is 18.9 Å². The summed E-state index contributed by atoms with van der Waals surface area (Å²) in [6.45, 7) is 3.59. The molecule has 2 aromatic carbocycles. The summed E-state index contributed by atoms with van der Waals surface area (Å²) in [6.07, 6.45) is -2.65. The number of carboxylic acid groups (broad SMARTS) is 1. The van der Waals surface area contributed by atoms with Gasteiger partial charge in [0, 0.05) is 22.8 Å². The number of aryl methyl sites for hydroxylation is 2. The fraction of sp³-hybridized carbons (Fsp3) is 0.280. The molecule has 0 fully saturated rings. The van der Waals surface area contributed by atoms with Gasteiger partial charge in [-0.15, -0.1) is 11.8 Å². The minimum absolute atomic E-state index is 0.0594. The van der Waals surface area contributed by atoms with Crippen LogP contribution in [0, 0.1) is 13.8 Å². The molecule has 34 heavy (non-hydrogen) atoms. The molecule has 0 saturated heterocycles. The number of alkyl halides is 3. The smallest absolute Gasteiger partial charge is 0.416 e. The molecule has 4 nitrogen and oxygen atoms in total. The third-order valence-electron chi connectivity index (χ3n) is 5.71. The molecule has 2 heterocycles. The molecule has 0 bridgehead atoms. The summed E-state index contributed by atoms with van der Waals surface area (Å²) >= 11 is 5.12. The van der Waals surface area contributed by atoms with Crippen molar-refractivity contribution in [3.05, 3.63) is 74.9 Å². The van der Waals surface area contributed by atoms with Crippen molar-refractivity contribution in [1.29, 1.82) is 0 Å². The van der Waals surface area contributed by atoms with Crippen LogP contribution in [0.5, 0.6) is 5.88 Å². The van der Waals surface area contributed by atoms with E-state index in [4.69, 9.17) is 9.84 Å². The number of nitrogens with zero attached hydrogens (tertiary/aromatic N) is 1. The van der Waals surface area contributed by atoms with Crippen molar-refractivity contribution in [2.24, 2.45) is 0 Å². The molecule has 1 atom stereocenters. The molecule has 1 N–H and O–H groups in total. The summed E-state index contributed by atoms with van der Waals surface area (Å²) in [5, 5.41) is 9.11. The average molecular weight is 552 g/mol. The van der Waals surface area contributed by atoms with Crippen molar-refractivity contribution in [2.45, 2.75) is 43.9 Å². The van der Waals surface area contributed by atoms with E-state index >= 15 is 0 Å². The normalized spacial score (nSPS) is 15.3. The van der Waals surface area contributed by atoms with E-state index < -0.39 is 17.7 Å². The van der Waals surface area contributed by atoms with E-state index in [1.54, 1.807) is 31.8 Å². The van der Waals surface area contributed by atoms with Crippen LogP contribution in [0.25, 0.3) is 11.1 Å². The van der Waals surface area contributed by atoms with E-state index in [2.05, 4.69) is 20.9 Å². The molecule has 178 valence electrons. The van der Waals surface area contributed by atoms with Crippen LogP contribution in [0.3, 0.4) is 0 Å². The monoisotopic (exact) mass is 551 g/mol. The molecule has 1 aliphatic rings. The van der Waals surface area contributed by atoms with E-state index in [9.17, 15) is 18.0 Å². The van der Waals surface area contributed by atoms with Crippen LogP contribution in [-0.2, 0) is 17.6 Å². The maximum atomic E-state index is 13.1. The second kappa shape index (κ2) is 9.62. The van der Waals surface area contributed by atoms with Gasteiger partial charge in [-0.05, 0) is 81.4 Å². The topological polar surface area (TPSA) is 59.4 Å². The molecule has 0 aliphatic carbocycles. The molecule has 1 aliphatic heterocycles. The largest absolute Gasteiger partial charge is 0.481 e. The van der Waals surface area contributed by atoms with Crippen LogP contribution >= 0.6 is 27.7 Å². The Labute approximate surface area is 207 Å². The second-order valence-corrected chi connectivity index (χ2v) is 10.1. The van der Waals surface area contributed by atoms with Gasteiger partial charge in [-0.1, -0.05) is 18.2 Å². The Morgan fingerprint density at radius 1 is 1.24 bits per heavy atom. The van der Waals surface area contributed by atoms with Gasteiger partial charge in [0.25, 0.3) is 0 Å². The van der Waals surface area contributed by atoms with Gasteiger partial charge < -0.3 is 9.84 Å². The molecule has 4 rings (SSSR count). The van der Waals surface area contributed by atoms with Gasteiger partial charge in [-0.25, -0.2) is 4.98 Å². The van der Waals surface area contributed by atoms with Gasteiger partial charge in [0.2, 0.25) is 5.88 Å². The van der Waals surface area contributed by atoms with Crippen LogP contribution < -0.4 is 4.74 Å². The SMILES string of the molecule is Cc1cc(C(F)(F)F)cc(C)c1-c1cccc(COc2ncc3c(c2Br)SC[C@H]3CC(=O)O)c1. The van der Waals surface area contributed by atoms with Gasteiger partial charge in [-0.2, -0.15) is 13.2 Å². The summed E-state index contributed by atoms with van der Waals surface area (Å²) in [6, 6.07) is 9.86. The van der Waals surface area contributed by atoms with Gasteiger partial charge in [-0.3, -0.25) is 4.79 Å². The number of carboxylic acids is 1. The fourth-order valence-electron chi connectivity index (χ4n) is 4.21. The van der Waals surface area contributed by atoms with Crippen LogP contribution in [0.2, 0.25) is 0 Å². The summed E-state index contributed by atoms with van der Waals surface area (Å²) in [4.78, 5) is 16.4. The van der Waals surface area contributed by atoms with Crippen LogP contribution in [-0.4, -0.2) is 21.8 Å². The standard InChI is InChI=1S/C25H21BrF3NO3S/c1-13-6-18(25(27,28)29)7-14(2)21(13)16-5-3-4-15(8-16)11-33-24-22(26)23-19(10-30-24)17(12-34-23)9-20(31)32/h3-8,10,17H,9,11-12H2,1-2H3,(H,31,32)/t17-/m1/s1. The van der Waals surface area contributed by atoms with E-state index in [0.29, 0.717) is 27.2 Å². The summed E-state index contributed by atoms with van der Waals surface area (Å²) in [5.74, 6) is 0.171. The number of carbonyl (C=O) groups is 1. The molecular weight excluding hydrogens is 531 g/mol. The highest BCUT2D eigenvalue weighted by Crippen LogP contribution is 2.47.